The molecule has 1 heterocycles. The molecule has 0 saturated heterocycles. The zero-order valence-electron chi connectivity index (χ0n) is 15.4. The lowest BCUT2D eigenvalue weighted by Gasteiger charge is -2.05. The minimum absolute atomic E-state index is 0.374. The normalized spacial score (nSPS) is 11.3. The molecule has 0 aliphatic heterocycles. The molecule has 0 radical (unpaired) electrons. The Morgan fingerprint density at radius 3 is 2.07 bits per heavy atom. The first-order valence-corrected chi connectivity index (χ1v) is 9.33. The van der Waals surface area contributed by atoms with E-state index in [9.17, 15) is 0 Å². The summed E-state index contributed by atoms with van der Waals surface area (Å²) in [6.45, 7) is 0. The first kappa shape index (κ1) is 18.6. The molecule has 4 rings (SSSR count). The fourth-order valence-corrected chi connectivity index (χ4v) is 2.86. The fraction of sp³-hybridized carbons (Fsp3) is 0. The number of benzene rings is 3. The van der Waals surface area contributed by atoms with Crippen LogP contribution in [0, 0.1) is 0 Å². The molecular weight excluding hydrogens is 384 g/mol. The lowest BCUT2D eigenvalue weighted by atomic mass is 10.2. The average Bonchev–Trinajstić information content (AvgIpc) is 3.16. The molecule has 0 fully saturated rings. The Kier molecular flexibility index (Phi) is 5.73. The molecule has 0 amide bonds. The third-order valence-corrected chi connectivity index (χ3v) is 4.38. The van der Waals surface area contributed by atoms with E-state index in [2.05, 4.69) is 25.8 Å². The number of aromatic nitrogens is 3. The van der Waals surface area contributed by atoms with Crippen LogP contribution in [0.1, 0.15) is 11.1 Å². The van der Waals surface area contributed by atoms with Crippen LogP contribution < -0.4 is 5.43 Å². The summed E-state index contributed by atoms with van der Waals surface area (Å²) < 4.78 is 1.58. The van der Waals surface area contributed by atoms with Gasteiger partial charge in [-0.25, -0.2) is 5.43 Å². The number of hydrogen-bond acceptors (Lipinski definition) is 5. The maximum atomic E-state index is 6.36. The molecule has 142 valence electrons. The molecule has 0 aliphatic rings. The Bertz CT molecular complexity index is 1140. The van der Waals surface area contributed by atoms with Crippen molar-refractivity contribution in [1.82, 2.24) is 14.9 Å². The molecule has 1 aromatic heterocycles. The molecule has 0 saturated carbocycles. The van der Waals surface area contributed by atoms with Crippen LogP contribution in [0.3, 0.4) is 0 Å². The van der Waals surface area contributed by atoms with Gasteiger partial charge in [-0.3, -0.25) is 0 Å². The highest BCUT2D eigenvalue weighted by atomic mass is 35.5. The van der Waals surface area contributed by atoms with Crippen molar-refractivity contribution in [2.75, 3.05) is 5.43 Å². The highest BCUT2D eigenvalue weighted by molar-refractivity contribution is 6.33. The minimum Gasteiger partial charge on any atom is -0.244 e. The first-order valence-electron chi connectivity index (χ1n) is 8.95. The highest BCUT2D eigenvalue weighted by Crippen LogP contribution is 2.27. The van der Waals surface area contributed by atoms with E-state index in [0.717, 1.165) is 16.7 Å². The number of rotatable bonds is 6. The molecular formula is C22H17ClN6. The highest BCUT2D eigenvalue weighted by Gasteiger charge is 2.15. The van der Waals surface area contributed by atoms with Gasteiger partial charge in [0.05, 0.1) is 17.5 Å². The van der Waals surface area contributed by atoms with Crippen molar-refractivity contribution in [2.45, 2.75) is 0 Å². The van der Waals surface area contributed by atoms with Crippen LogP contribution in [0.5, 0.6) is 0 Å². The van der Waals surface area contributed by atoms with Crippen LogP contribution in [0.2, 0.25) is 5.02 Å². The topological polar surface area (TPSA) is 67.5 Å². The van der Waals surface area contributed by atoms with Gasteiger partial charge in [-0.05, 0) is 23.3 Å². The summed E-state index contributed by atoms with van der Waals surface area (Å²) in [6.07, 6.45) is 3.44. The van der Waals surface area contributed by atoms with Gasteiger partial charge in [0.2, 0.25) is 0 Å². The summed E-state index contributed by atoms with van der Waals surface area (Å²) in [6, 6.07) is 27.0. The lowest BCUT2D eigenvalue weighted by molar-refractivity contribution is 0.888. The van der Waals surface area contributed by atoms with Crippen molar-refractivity contribution in [3.8, 4) is 11.4 Å². The number of nitrogens with one attached hydrogen (secondary N) is 1. The SMILES string of the molecule is Clc1ccccc1-c1nnc(N/N=C\c2ccccc2)n1/N=C\c1ccccc1. The van der Waals surface area contributed by atoms with Gasteiger partial charge < -0.3 is 0 Å². The van der Waals surface area contributed by atoms with Crippen LogP contribution in [-0.4, -0.2) is 27.3 Å². The zero-order chi connectivity index (χ0) is 19.9. The monoisotopic (exact) mass is 400 g/mol. The molecule has 0 spiro atoms. The van der Waals surface area contributed by atoms with Crippen molar-refractivity contribution in [3.63, 3.8) is 0 Å². The predicted molar refractivity (Wildman–Crippen MR) is 118 cm³/mol. The van der Waals surface area contributed by atoms with Gasteiger partial charge >= 0.3 is 0 Å². The summed E-state index contributed by atoms with van der Waals surface area (Å²) in [5, 5.41) is 17.8. The van der Waals surface area contributed by atoms with Crippen LogP contribution in [0.4, 0.5) is 5.95 Å². The van der Waals surface area contributed by atoms with Gasteiger partial charge in [-0.1, -0.05) is 84.4 Å². The maximum absolute atomic E-state index is 6.36. The summed E-state index contributed by atoms with van der Waals surface area (Å²) in [7, 11) is 0. The number of nitrogens with zero attached hydrogens (tertiary/aromatic N) is 5. The van der Waals surface area contributed by atoms with Gasteiger partial charge in [-0.15, -0.1) is 10.2 Å². The number of halogens is 1. The Morgan fingerprint density at radius 1 is 0.759 bits per heavy atom. The van der Waals surface area contributed by atoms with Crippen molar-refractivity contribution in [3.05, 3.63) is 101 Å². The van der Waals surface area contributed by atoms with E-state index in [4.69, 9.17) is 11.6 Å². The van der Waals surface area contributed by atoms with E-state index >= 15 is 0 Å². The lowest BCUT2D eigenvalue weighted by Crippen LogP contribution is -2.01. The zero-order valence-corrected chi connectivity index (χ0v) is 16.1. The second-order valence-electron chi connectivity index (χ2n) is 6.07. The number of hydrogen-bond donors (Lipinski definition) is 1. The van der Waals surface area contributed by atoms with E-state index in [1.165, 1.54) is 0 Å². The largest absolute Gasteiger partial charge is 0.266 e. The maximum Gasteiger partial charge on any atom is 0.266 e. The van der Waals surface area contributed by atoms with Gasteiger partial charge in [0.1, 0.15) is 0 Å². The molecule has 0 unspecified atom stereocenters. The van der Waals surface area contributed by atoms with Gasteiger partial charge in [-0.2, -0.15) is 14.9 Å². The van der Waals surface area contributed by atoms with Crippen molar-refractivity contribution < 1.29 is 0 Å². The molecule has 4 aromatic rings. The average molecular weight is 401 g/mol. The number of anilines is 1. The summed E-state index contributed by atoms with van der Waals surface area (Å²) in [5.41, 5.74) is 5.55. The Morgan fingerprint density at radius 2 is 1.38 bits per heavy atom. The smallest absolute Gasteiger partial charge is 0.244 e. The van der Waals surface area contributed by atoms with Crippen LogP contribution in [-0.2, 0) is 0 Å². The van der Waals surface area contributed by atoms with Crippen LogP contribution >= 0.6 is 11.6 Å². The molecule has 7 heteroatoms. The fourth-order valence-electron chi connectivity index (χ4n) is 2.64. The standard InChI is InChI=1S/C22H17ClN6/c23-20-14-8-7-13-19(20)21-26-28-22(27-24-15-17-9-3-1-4-10-17)29(21)25-16-18-11-5-2-6-12-18/h1-16H,(H,27,28)/b24-15-,25-16-. The van der Waals surface area contributed by atoms with E-state index in [-0.39, 0.29) is 0 Å². The van der Waals surface area contributed by atoms with Crippen molar-refractivity contribution in [2.24, 2.45) is 10.2 Å². The summed E-state index contributed by atoms with van der Waals surface area (Å²) in [5.74, 6) is 0.888. The minimum atomic E-state index is 0.374. The molecule has 1 N–H and O–H groups in total. The van der Waals surface area contributed by atoms with Crippen molar-refractivity contribution >= 4 is 30.0 Å². The van der Waals surface area contributed by atoms with Gasteiger partial charge in [0.15, 0.2) is 5.82 Å². The van der Waals surface area contributed by atoms with E-state index in [1.807, 2.05) is 78.9 Å². The van der Waals surface area contributed by atoms with E-state index in [1.54, 1.807) is 23.2 Å². The predicted octanol–water partition coefficient (Wildman–Crippen LogP) is 4.93. The Labute approximate surface area is 173 Å². The third-order valence-electron chi connectivity index (χ3n) is 4.06. The second kappa shape index (κ2) is 8.95. The quantitative estimate of drug-likeness (QED) is 0.368. The van der Waals surface area contributed by atoms with E-state index < -0.39 is 0 Å². The molecule has 6 nitrogen and oxygen atoms in total. The second-order valence-corrected chi connectivity index (χ2v) is 6.48. The molecule has 3 aromatic carbocycles. The van der Waals surface area contributed by atoms with Crippen molar-refractivity contribution in [1.29, 1.82) is 0 Å². The van der Waals surface area contributed by atoms with Gasteiger partial charge in [0.25, 0.3) is 5.95 Å². The van der Waals surface area contributed by atoms with Crippen LogP contribution in [0.25, 0.3) is 11.4 Å². The third kappa shape index (κ3) is 4.56. The first-order chi connectivity index (χ1) is 14.3. The summed E-state index contributed by atoms with van der Waals surface area (Å²) in [4.78, 5) is 0. The molecule has 0 aliphatic carbocycles. The van der Waals surface area contributed by atoms with Gasteiger partial charge in [0, 0.05) is 5.56 Å². The Hall–Kier alpha value is -3.77. The van der Waals surface area contributed by atoms with Crippen LogP contribution in [0.15, 0.2) is 95.1 Å². The molecule has 0 bridgehead atoms. The number of hydrazone groups is 1. The molecule has 29 heavy (non-hydrogen) atoms. The van der Waals surface area contributed by atoms with E-state index in [0.29, 0.717) is 16.8 Å². The summed E-state index contributed by atoms with van der Waals surface area (Å²) >= 11 is 6.36. The Balaban J connectivity index is 1.68. The molecule has 0 atom stereocenters.